The van der Waals surface area contributed by atoms with Crippen LogP contribution in [-0.4, -0.2) is 33.6 Å². The molecule has 18 rings (SSSR count). The zero-order valence-corrected chi connectivity index (χ0v) is 40.7. The first kappa shape index (κ1) is 46.2. The average molecular weight is 907 g/mol. The van der Waals surface area contributed by atoms with Gasteiger partial charge in [-0.05, 0) is 172 Å². The molecule has 2 aromatic heterocycles. The van der Waals surface area contributed by atoms with Crippen LogP contribution in [-0.2, 0) is 10.8 Å². The smallest absolute Gasteiger partial charge is 0.274 e. The Morgan fingerprint density at radius 1 is 0.338 bits per heavy atom. The lowest BCUT2D eigenvalue weighted by molar-refractivity contribution is 0.0998. The summed E-state index contributed by atoms with van der Waals surface area (Å²) in [4.78, 5) is 65.1. The molecule has 2 aliphatic carbocycles. The van der Waals surface area contributed by atoms with Gasteiger partial charge < -0.3 is 21.3 Å². The van der Waals surface area contributed by atoms with Gasteiger partial charge in [0.15, 0.2) is 0 Å². The Labute approximate surface area is 400 Å². The summed E-state index contributed by atoms with van der Waals surface area (Å²) in [6, 6.07) is 27.6. The van der Waals surface area contributed by atoms with Gasteiger partial charge in [-0.2, -0.15) is 0 Å². The molecule has 0 saturated heterocycles. The van der Waals surface area contributed by atoms with Crippen LogP contribution < -0.4 is 21.3 Å². The van der Waals surface area contributed by atoms with Gasteiger partial charge in [0.25, 0.3) is 23.6 Å². The van der Waals surface area contributed by atoms with Crippen molar-refractivity contribution in [3.63, 3.8) is 0 Å². The molecule has 4 N–H and O–H groups in total. The molecule has 12 aliphatic rings. The van der Waals surface area contributed by atoms with Gasteiger partial charge in [0.05, 0.1) is 0 Å². The van der Waals surface area contributed by atoms with Gasteiger partial charge in [-0.1, -0.05) is 99.2 Å². The molecule has 0 atom stereocenters. The van der Waals surface area contributed by atoms with Crippen LogP contribution in [0.25, 0.3) is 0 Å². The fraction of sp³-hybridized carbons (Fsp3) is 0.345. The molecule has 4 aromatic carbocycles. The topological polar surface area (TPSA) is 142 Å². The lowest BCUT2D eigenvalue weighted by Gasteiger charge is -2.40. The van der Waals surface area contributed by atoms with Crippen LogP contribution in [0.5, 0.6) is 0 Å². The lowest BCUT2D eigenvalue weighted by Crippen LogP contribution is -2.31. The molecule has 10 aliphatic heterocycles. The second kappa shape index (κ2) is 18.3. The summed E-state index contributed by atoms with van der Waals surface area (Å²) in [5, 5.41) is 12.6. The van der Waals surface area contributed by atoms with Gasteiger partial charge in [-0.25, -0.2) is 9.97 Å². The van der Waals surface area contributed by atoms with Crippen LogP contribution in [0.4, 0.5) is 22.7 Å². The molecule has 2 fully saturated rings. The number of benzene rings is 4. The Hall–Kier alpha value is -6.94. The number of carbonyl (C=O) groups excluding carboxylic acids is 4. The predicted octanol–water partition coefficient (Wildman–Crippen LogP) is 12.8. The van der Waals surface area contributed by atoms with Gasteiger partial charge >= 0.3 is 0 Å². The van der Waals surface area contributed by atoms with E-state index >= 15 is 0 Å². The van der Waals surface area contributed by atoms with E-state index in [9.17, 15) is 19.2 Å². The summed E-state index contributed by atoms with van der Waals surface area (Å²) in [7, 11) is 0. The second-order valence-electron chi connectivity index (χ2n) is 19.9. The normalized spacial score (nSPS) is 17.1. The maximum Gasteiger partial charge on any atom is 0.274 e. The molecule has 0 unspecified atom stereocenters. The summed E-state index contributed by atoms with van der Waals surface area (Å²) >= 11 is 0. The predicted molar refractivity (Wildman–Crippen MR) is 272 cm³/mol. The minimum absolute atomic E-state index is 0.149. The third-order valence-electron chi connectivity index (χ3n) is 15.1. The van der Waals surface area contributed by atoms with Crippen molar-refractivity contribution >= 4 is 46.4 Å². The Bertz CT molecular complexity index is 2570. The third kappa shape index (κ3) is 8.50. The molecule has 348 valence electrons. The van der Waals surface area contributed by atoms with Gasteiger partial charge in [0.1, 0.15) is 22.8 Å². The highest BCUT2D eigenvalue weighted by Crippen LogP contribution is 2.49. The zero-order valence-electron chi connectivity index (χ0n) is 40.7. The van der Waals surface area contributed by atoms with Crippen molar-refractivity contribution < 1.29 is 19.2 Å². The number of hydrogen-bond acceptors (Lipinski definition) is 6. The number of pyridine rings is 2. The minimum atomic E-state index is -0.391. The number of amides is 4. The Morgan fingerprint density at radius 3 is 0.750 bits per heavy atom. The van der Waals surface area contributed by atoms with Gasteiger partial charge in [-0.3, -0.25) is 19.2 Å². The van der Waals surface area contributed by atoms with Crippen molar-refractivity contribution in [1.82, 2.24) is 9.97 Å². The van der Waals surface area contributed by atoms with Crippen molar-refractivity contribution in [2.24, 2.45) is 0 Å². The summed E-state index contributed by atoms with van der Waals surface area (Å²) in [6.07, 6.45) is 10.5. The highest BCUT2D eigenvalue weighted by Gasteiger charge is 2.39. The maximum atomic E-state index is 14.0. The SMILES string of the molecule is Cc1cc2cc(C)c1NC(=O)c1cccc(n1)C(=O)Nc1c(C)cc(cc1C)C1(CCCCC1)c1cc(C)c(c(C)c1)NC(=O)c1cccc(n1)C(=O)Nc1c(C)cc(cc1C)C21CCCCC1. The van der Waals surface area contributed by atoms with Crippen LogP contribution in [0, 0.1) is 55.4 Å². The first-order valence-electron chi connectivity index (χ1n) is 24.2. The van der Waals surface area contributed by atoms with E-state index in [1.54, 1.807) is 36.4 Å². The number of hydrogen-bond donors (Lipinski definition) is 4. The van der Waals surface area contributed by atoms with Crippen LogP contribution in [0.3, 0.4) is 0 Å². The van der Waals surface area contributed by atoms with Crippen LogP contribution in [0.15, 0.2) is 84.9 Å². The van der Waals surface area contributed by atoms with Crippen molar-refractivity contribution in [2.45, 2.75) is 130 Å². The van der Waals surface area contributed by atoms with E-state index in [1.807, 2.05) is 55.4 Å². The van der Waals surface area contributed by atoms with Crippen molar-refractivity contribution in [2.75, 3.05) is 21.3 Å². The van der Waals surface area contributed by atoms with E-state index in [1.165, 1.54) is 22.3 Å². The van der Waals surface area contributed by atoms with E-state index in [2.05, 4.69) is 79.8 Å². The maximum absolute atomic E-state index is 14.0. The molecule has 12 heterocycles. The average Bonchev–Trinajstić information content (AvgIpc) is 3.33. The van der Waals surface area contributed by atoms with E-state index in [0.29, 0.717) is 0 Å². The standard InChI is InChI=1S/C58H62N6O4/c1-33-25-41-26-34(2)49(33)61-53(65)45-17-15-18-46(59-45)54(66)63-51-37(5)29-43(30-38(51)6)58(23-13-10-14-24-58)44-31-39(7)52(40(8)32-44)64-56(68)48-20-16-19-47(60-48)55(67)62-50-35(3)27-42(28-36(50)4)57(41)21-11-9-12-22-57/h15-20,25-32H,9-14,21-24H2,1-8H3,(H,61,65)(H,62,67)(H,63,66)(H,64,68). The van der Waals surface area contributed by atoms with Crippen LogP contribution in [0.2, 0.25) is 0 Å². The summed E-state index contributed by atoms with van der Waals surface area (Å²) in [5.41, 5.74) is 15.2. The fourth-order valence-electron chi connectivity index (χ4n) is 11.6. The number of aromatic nitrogens is 2. The first-order valence-corrected chi connectivity index (χ1v) is 24.2. The zero-order chi connectivity index (χ0) is 48.1. The van der Waals surface area contributed by atoms with Crippen LogP contribution >= 0.6 is 0 Å². The molecule has 68 heavy (non-hydrogen) atoms. The van der Waals surface area contributed by atoms with Crippen molar-refractivity contribution in [3.8, 4) is 0 Å². The molecule has 2 spiro atoms. The molecule has 10 heteroatoms. The molecular formula is C58H62N6O4. The Balaban J connectivity index is 1.14. The minimum Gasteiger partial charge on any atom is -0.320 e. The number of nitrogens with one attached hydrogen (secondary N) is 4. The van der Waals surface area contributed by atoms with E-state index in [0.717, 1.165) is 131 Å². The monoisotopic (exact) mass is 906 g/mol. The number of nitrogens with zero attached hydrogens (tertiary/aromatic N) is 2. The highest BCUT2D eigenvalue weighted by molar-refractivity contribution is 6.08. The van der Waals surface area contributed by atoms with Crippen molar-refractivity contribution in [1.29, 1.82) is 0 Å². The molecule has 12 bridgehead atoms. The lowest BCUT2D eigenvalue weighted by atomic mass is 9.64. The molecule has 4 amide bonds. The largest absolute Gasteiger partial charge is 0.320 e. The van der Waals surface area contributed by atoms with Gasteiger partial charge in [0.2, 0.25) is 0 Å². The molecule has 2 saturated carbocycles. The molecule has 6 aromatic rings. The summed E-state index contributed by atoms with van der Waals surface area (Å²) in [6.45, 7) is 16.2. The summed E-state index contributed by atoms with van der Waals surface area (Å²) in [5.74, 6) is -1.56. The Morgan fingerprint density at radius 2 is 0.544 bits per heavy atom. The molecule has 0 radical (unpaired) electrons. The first-order chi connectivity index (χ1) is 32.6. The number of rotatable bonds is 0. The van der Waals surface area contributed by atoms with Crippen molar-refractivity contribution in [3.05, 3.63) is 174 Å². The van der Waals surface area contributed by atoms with E-state index in [-0.39, 0.29) is 33.6 Å². The quantitative estimate of drug-likeness (QED) is 0.120. The molecular weight excluding hydrogens is 845 g/mol. The van der Waals surface area contributed by atoms with Gasteiger partial charge in [-0.15, -0.1) is 0 Å². The summed E-state index contributed by atoms with van der Waals surface area (Å²) < 4.78 is 0. The number of carbonyl (C=O) groups is 4. The van der Waals surface area contributed by atoms with E-state index in [4.69, 9.17) is 0 Å². The van der Waals surface area contributed by atoms with Crippen LogP contribution in [0.1, 0.15) is 173 Å². The Kier molecular flexibility index (Phi) is 12.4. The van der Waals surface area contributed by atoms with E-state index < -0.39 is 23.6 Å². The fourth-order valence-corrected chi connectivity index (χ4v) is 11.6. The third-order valence-corrected chi connectivity index (χ3v) is 15.1. The second-order valence-corrected chi connectivity index (χ2v) is 19.9. The number of aryl methyl sites for hydroxylation is 8. The number of anilines is 4. The molecule has 10 nitrogen and oxygen atoms in total. The highest BCUT2D eigenvalue weighted by atomic mass is 16.2. The van der Waals surface area contributed by atoms with Gasteiger partial charge in [0, 0.05) is 33.6 Å².